The average Bonchev–Trinajstić information content (AvgIpc) is 2.46. The molecule has 0 saturated carbocycles. The molecule has 3 N–H and O–H groups in total. The van der Waals surface area contributed by atoms with Crippen molar-refractivity contribution in [3.8, 4) is 5.75 Å². The molecule has 0 aromatic heterocycles. The lowest BCUT2D eigenvalue weighted by Crippen LogP contribution is -2.45. The summed E-state index contributed by atoms with van der Waals surface area (Å²) in [6.07, 6.45) is 0.832. The lowest BCUT2D eigenvalue weighted by molar-refractivity contribution is -0.121. The maximum Gasteiger partial charge on any atom is 0.242 e. The van der Waals surface area contributed by atoms with Crippen molar-refractivity contribution in [3.63, 3.8) is 0 Å². The van der Waals surface area contributed by atoms with E-state index < -0.39 is 0 Å². The van der Waals surface area contributed by atoms with Gasteiger partial charge in [-0.25, -0.2) is 0 Å². The first-order chi connectivity index (χ1) is 9.13. The molecule has 0 bridgehead atoms. The number of likely N-dealkylation sites (N-methyl/N-ethyl adjacent to an activating group) is 1. The molecular formula is C14H23N3O2. The fourth-order valence-corrected chi connectivity index (χ4v) is 1.95. The number of hydrogen-bond donors (Lipinski definition) is 2. The van der Waals surface area contributed by atoms with Crippen LogP contribution in [0.4, 0.5) is 5.69 Å². The van der Waals surface area contributed by atoms with Crippen LogP contribution in [0, 0.1) is 0 Å². The van der Waals surface area contributed by atoms with Crippen LogP contribution in [0.15, 0.2) is 24.3 Å². The topological polar surface area (TPSA) is 67.6 Å². The van der Waals surface area contributed by atoms with Crippen LogP contribution in [0.1, 0.15) is 13.3 Å². The number of ether oxygens (including phenoxy) is 1. The molecular weight excluding hydrogens is 242 g/mol. The molecule has 0 radical (unpaired) electrons. The van der Waals surface area contributed by atoms with Crippen molar-refractivity contribution < 1.29 is 9.53 Å². The second-order valence-corrected chi connectivity index (χ2v) is 4.33. The Kier molecular flexibility index (Phi) is 6.15. The lowest BCUT2D eigenvalue weighted by Gasteiger charge is -2.30. The molecule has 0 heterocycles. The Labute approximate surface area is 114 Å². The van der Waals surface area contributed by atoms with Crippen molar-refractivity contribution in [3.05, 3.63) is 24.3 Å². The van der Waals surface area contributed by atoms with Crippen molar-refractivity contribution in [2.75, 3.05) is 32.1 Å². The van der Waals surface area contributed by atoms with E-state index in [0.29, 0.717) is 6.54 Å². The summed E-state index contributed by atoms with van der Waals surface area (Å²) in [4.78, 5) is 13.9. The van der Waals surface area contributed by atoms with Crippen LogP contribution in [0.25, 0.3) is 0 Å². The van der Waals surface area contributed by atoms with Gasteiger partial charge in [0.1, 0.15) is 11.8 Å². The molecule has 1 rings (SSSR count). The van der Waals surface area contributed by atoms with E-state index in [0.717, 1.165) is 24.4 Å². The number of anilines is 1. The third-order valence-corrected chi connectivity index (χ3v) is 3.08. The first-order valence-electron chi connectivity index (χ1n) is 6.46. The van der Waals surface area contributed by atoms with Crippen LogP contribution in [0.2, 0.25) is 0 Å². The van der Waals surface area contributed by atoms with E-state index in [1.165, 1.54) is 0 Å². The van der Waals surface area contributed by atoms with Crippen molar-refractivity contribution in [1.29, 1.82) is 0 Å². The van der Waals surface area contributed by atoms with E-state index in [1.54, 1.807) is 14.2 Å². The molecule has 19 heavy (non-hydrogen) atoms. The Morgan fingerprint density at radius 1 is 1.53 bits per heavy atom. The molecule has 1 unspecified atom stereocenters. The summed E-state index contributed by atoms with van der Waals surface area (Å²) >= 11 is 0. The fraction of sp³-hybridized carbons (Fsp3) is 0.500. The molecule has 0 aliphatic rings. The highest BCUT2D eigenvalue weighted by atomic mass is 16.5. The van der Waals surface area contributed by atoms with E-state index in [9.17, 15) is 4.79 Å². The normalized spacial score (nSPS) is 11.8. The maximum atomic E-state index is 11.8. The highest BCUT2D eigenvalue weighted by Crippen LogP contribution is 2.23. The van der Waals surface area contributed by atoms with Crippen LogP contribution >= 0.6 is 0 Å². The molecule has 1 aromatic carbocycles. The molecule has 5 nitrogen and oxygen atoms in total. The quantitative estimate of drug-likeness (QED) is 0.771. The van der Waals surface area contributed by atoms with Crippen molar-refractivity contribution in [1.82, 2.24) is 5.32 Å². The number of amides is 1. The molecule has 0 fully saturated rings. The number of benzene rings is 1. The minimum absolute atomic E-state index is 0.0140. The number of methoxy groups -OCH3 is 1. The molecule has 106 valence electrons. The predicted molar refractivity (Wildman–Crippen MR) is 77.5 cm³/mol. The fourth-order valence-electron chi connectivity index (χ4n) is 1.95. The third kappa shape index (κ3) is 4.13. The number of nitrogens with zero attached hydrogens (tertiary/aromatic N) is 1. The highest BCUT2D eigenvalue weighted by Gasteiger charge is 2.20. The number of hydrogen-bond acceptors (Lipinski definition) is 4. The van der Waals surface area contributed by atoms with Gasteiger partial charge in [-0.15, -0.1) is 0 Å². The molecule has 1 aromatic rings. The summed E-state index contributed by atoms with van der Waals surface area (Å²) in [6, 6.07) is 7.45. The van der Waals surface area contributed by atoms with Gasteiger partial charge in [-0.3, -0.25) is 4.79 Å². The number of rotatable bonds is 7. The van der Waals surface area contributed by atoms with Crippen LogP contribution in [0.3, 0.4) is 0 Å². The van der Waals surface area contributed by atoms with Crippen LogP contribution in [-0.4, -0.2) is 39.2 Å². The van der Waals surface area contributed by atoms with Crippen molar-refractivity contribution in [2.24, 2.45) is 5.73 Å². The maximum absolute atomic E-state index is 11.8. The number of nitrogens with one attached hydrogen (secondary N) is 1. The highest BCUT2D eigenvalue weighted by molar-refractivity contribution is 5.84. The Balaban J connectivity index is 2.97. The summed E-state index contributed by atoms with van der Waals surface area (Å²) in [5.41, 5.74) is 6.53. The van der Waals surface area contributed by atoms with Gasteiger partial charge in [-0.1, -0.05) is 6.07 Å². The first-order valence-corrected chi connectivity index (χ1v) is 6.46. The SMILES string of the molecule is CNC(=O)C(C)N(CCCN)c1cccc(OC)c1. The third-order valence-electron chi connectivity index (χ3n) is 3.08. The zero-order valence-electron chi connectivity index (χ0n) is 11.8. The van der Waals surface area contributed by atoms with Gasteiger partial charge in [0.2, 0.25) is 5.91 Å². The Morgan fingerprint density at radius 2 is 2.26 bits per heavy atom. The van der Waals surface area contributed by atoms with E-state index in [1.807, 2.05) is 36.1 Å². The molecule has 1 atom stereocenters. The lowest BCUT2D eigenvalue weighted by atomic mass is 10.2. The second-order valence-electron chi connectivity index (χ2n) is 4.33. The van der Waals surface area contributed by atoms with E-state index in [2.05, 4.69) is 5.32 Å². The molecule has 0 saturated heterocycles. The zero-order chi connectivity index (χ0) is 14.3. The van der Waals surface area contributed by atoms with Gasteiger partial charge in [-0.2, -0.15) is 0 Å². The van der Waals surface area contributed by atoms with E-state index >= 15 is 0 Å². The summed E-state index contributed by atoms with van der Waals surface area (Å²) < 4.78 is 5.22. The Hall–Kier alpha value is -1.75. The van der Waals surface area contributed by atoms with Gasteiger partial charge in [0.05, 0.1) is 7.11 Å². The van der Waals surface area contributed by atoms with Crippen molar-refractivity contribution >= 4 is 11.6 Å². The summed E-state index contributed by atoms with van der Waals surface area (Å²) in [6.45, 7) is 3.22. The number of nitrogens with two attached hydrogens (primary N) is 1. The van der Waals surface area contributed by atoms with Gasteiger partial charge in [0.15, 0.2) is 0 Å². The average molecular weight is 265 g/mol. The van der Waals surface area contributed by atoms with Gasteiger partial charge in [0.25, 0.3) is 0 Å². The largest absolute Gasteiger partial charge is 0.497 e. The zero-order valence-corrected chi connectivity index (χ0v) is 11.8. The van der Waals surface area contributed by atoms with Gasteiger partial charge in [0, 0.05) is 25.3 Å². The Morgan fingerprint density at radius 3 is 2.84 bits per heavy atom. The van der Waals surface area contributed by atoms with Crippen molar-refractivity contribution in [2.45, 2.75) is 19.4 Å². The monoisotopic (exact) mass is 265 g/mol. The minimum atomic E-state index is -0.247. The van der Waals surface area contributed by atoms with Gasteiger partial charge >= 0.3 is 0 Å². The molecule has 0 aliphatic carbocycles. The van der Waals surface area contributed by atoms with Gasteiger partial charge < -0.3 is 20.7 Å². The second kappa shape index (κ2) is 7.63. The summed E-state index contributed by atoms with van der Waals surface area (Å²) in [5.74, 6) is 0.763. The van der Waals surface area contributed by atoms with Crippen LogP contribution in [-0.2, 0) is 4.79 Å². The van der Waals surface area contributed by atoms with Crippen LogP contribution < -0.4 is 20.7 Å². The van der Waals surface area contributed by atoms with E-state index in [-0.39, 0.29) is 11.9 Å². The molecule has 0 spiro atoms. The number of carbonyl (C=O) groups excluding carboxylic acids is 1. The number of carbonyl (C=O) groups is 1. The predicted octanol–water partition coefficient (Wildman–Crippen LogP) is 0.985. The smallest absolute Gasteiger partial charge is 0.242 e. The molecule has 1 amide bonds. The standard InChI is InChI=1S/C14H23N3O2/c1-11(14(18)16-2)17(9-5-8-15)12-6-4-7-13(10-12)19-3/h4,6-7,10-11H,5,8-9,15H2,1-3H3,(H,16,18). The molecule has 0 aliphatic heterocycles. The summed E-state index contributed by atoms with van der Waals surface area (Å²) in [7, 11) is 3.27. The van der Waals surface area contributed by atoms with E-state index in [4.69, 9.17) is 10.5 Å². The first kappa shape index (κ1) is 15.3. The summed E-state index contributed by atoms with van der Waals surface area (Å²) in [5, 5.41) is 2.68. The molecule has 5 heteroatoms. The Bertz CT molecular complexity index is 409. The van der Waals surface area contributed by atoms with Crippen LogP contribution in [0.5, 0.6) is 5.75 Å². The van der Waals surface area contributed by atoms with Gasteiger partial charge in [-0.05, 0) is 32.0 Å². The minimum Gasteiger partial charge on any atom is -0.497 e.